The highest BCUT2D eigenvalue weighted by Gasteiger charge is 2.01. The van der Waals surface area contributed by atoms with Gasteiger partial charge in [0.05, 0.1) is 11.9 Å². The smallest absolute Gasteiger partial charge is 0.123 e. The minimum Gasteiger partial charge on any atom is -0.312 e. The molecular formula is C14H18FN3. The molecular weight excluding hydrogens is 229 g/mol. The molecule has 1 heterocycles. The molecule has 0 atom stereocenters. The maximum absolute atomic E-state index is 12.8. The van der Waals surface area contributed by atoms with E-state index in [0.29, 0.717) is 5.92 Å². The first-order valence-corrected chi connectivity index (χ1v) is 6.15. The summed E-state index contributed by atoms with van der Waals surface area (Å²) >= 11 is 0. The number of nitrogens with zero attached hydrogens (tertiary/aromatic N) is 2. The Kier molecular flexibility index (Phi) is 4.10. The summed E-state index contributed by atoms with van der Waals surface area (Å²) in [5, 5.41) is 7.63. The Balaban J connectivity index is 1.99. The zero-order valence-corrected chi connectivity index (χ0v) is 10.7. The van der Waals surface area contributed by atoms with Gasteiger partial charge in [0.2, 0.25) is 0 Å². The lowest BCUT2D eigenvalue weighted by atomic mass is 10.2. The van der Waals surface area contributed by atoms with Gasteiger partial charge in [-0.1, -0.05) is 13.8 Å². The van der Waals surface area contributed by atoms with Crippen molar-refractivity contribution in [3.8, 4) is 5.69 Å². The quantitative estimate of drug-likeness (QED) is 0.880. The molecule has 0 aliphatic rings. The minimum atomic E-state index is -0.232. The largest absolute Gasteiger partial charge is 0.312 e. The minimum absolute atomic E-state index is 0.232. The Morgan fingerprint density at radius 3 is 2.67 bits per heavy atom. The molecule has 0 unspecified atom stereocenters. The second-order valence-corrected chi connectivity index (χ2v) is 4.79. The van der Waals surface area contributed by atoms with Crippen LogP contribution in [-0.4, -0.2) is 16.3 Å². The molecule has 96 valence electrons. The topological polar surface area (TPSA) is 29.9 Å². The van der Waals surface area contributed by atoms with Crippen LogP contribution < -0.4 is 5.32 Å². The Bertz CT molecular complexity index is 488. The van der Waals surface area contributed by atoms with E-state index < -0.39 is 0 Å². The monoisotopic (exact) mass is 247 g/mol. The summed E-state index contributed by atoms with van der Waals surface area (Å²) < 4.78 is 14.6. The van der Waals surface area contributed by atoms with Crippen molar-refractivity contribution in [1.82, 2.24) is 15.1 Å². The van der Waals surface area contributed by atoms with Crippen molar-refractivity contribution in [2.45, 2.75) is 20.4 Å². The first-order valence-electron chi connectivity index (χ1n) is 6.15. The number of halogens is 1. The molecule has 18 heavy (non-hydrogen) atoms. The van der Waals surface area contributed by atoms with Crippen molar-refractivity contribution in [2.75, 3.05) is 6.54 Å². The molecule has 0 aliphatic heterocycles. The molecule has 2 aromatic rings. The molecule has 1 aromatic heterocycles. The summed E-state index contributed by atoms with van der Waals surface area (Å²) in [6.45, 7) is 6.14. The molecule has 0 saturated heterocycles. The average molecular weight is 247 g/mol. The van der Waals surface area contributed by atoms with Gasteiger partial charge in [0.15, 0.2) is 0 Å². The van der Waals surface area contributed by atoms with Crippen molar-refractivity contribution in [3.63, 3.8) is 0 Å². The van der Waals surface area contributed by atoms with Gasteiger partial charge in [0.1, 0.15) is 5.82 Å². The summed E-state index contributed by atoms with van der Waals surface area (Å²) in [5.74, 6) is 0.405. The number of aromatic nitrogens is 2. The first kappa shape index (κ1) is 12.8. The first-order chi connectivity index (χ1) is 8.65. The van der Waals surface area contributed by atoms with Crippen molar-refractivity contribution in [1.29, 1.82) is 0 Å². The summed E-state index contributed by atoms with van der Waals surface area (Å²) in [6, 6.07) is 6.31. The highest BCUT2D eigenvalue weighted by Crippen LogP contribution is 2.09. The normalized spacial score (nSPS) is 11.1. The van der Waals surface area contributed by atoms with Gasteiger partial charge in [-0.05, 0) is 36.7 Å². The van der Waals surface area contributed by atoms with Crippen molar-refractivity contribution in [3.05, 3.63) is 48.0 Å². The summed E-state index contributed by atoms with van der Waals surface area (Å²) in [4.78, 5) is 0. The zero-order valence-electron chi connectivity index (χ0n) is 10.7. The average Bonchev–Trinajstić information content (AvgIpc) is 2.78. The molecule has 0 bridgehead atoms. The van der Waals surface area contributed by atoms with Crippen molar-refractivity contribution in [2.24, 2.45) is 5.92 Å². The van der Waals surface area contributed by atoms with Gasteiger partial charge in [0, 0.05) is 18.3 Å². The van der Waals surface area contributed by atoms with E-state index >= 15 is 0 Å². The van der Waals surface area contributed by atoms with Crippen LogP contribution in [0.3, 0.4) is 0 Å². The fourth-order valence-corrected chi connectivity index (χ4v) is 1.69. The molecule has 3 nitrogen and oxygen atoms in total. The van der Waals surface area contributed by atoms with Crippen LogP contribution in [0.2, 0.25) is 0 Å². The molecule has 0 fully saturated rings. The van der Waals surface area contributed by atoms with Crippen molar-refractivity contribution < 1.29 is 4.39 Å². The number of nitrogens with one attached hydrogen (secondary N) is 1. The van der Waals surface area contributed by atoms with Crippen LogP contribution in [0, 0.1) is 11.7 Å². The van der Waals surface area contributed by atoms with Gasteiger partial charge >= 0.3 is 0 Å². The standard InChI is InChI=1S/C14H18FN3/c1-11(2)7-16-8-12-9-17-18(10-12)14-5-3-13(15)4-6-14/h3-6,9-11,16H,7-8H2,1-2H3. The van der Waals surface area contributed by atoms with Crippen LogP contribution in [0.4, 0.5) is 4.39 Å². The fraction of sp³-hybridized carbons (Fsp3) is 0.357. The predicted molar refractivity (Wildman–Crippen MR) is 70.1 cm³/mol. The third-order valence-electron chi connectivity index (χ3n) is 2.61. The van der Waals surface area contributed by atoms with Gasteiger partial charge < -0.3 is 5.32 Å². The van der Waals surface area contributed by atoms with E-state index in [9.17, 15) is 4.39 Å². The van der Waals surface area contributed by atoms with Crippen LogP contribution in [0.1, 0.15) is 19.4 Å². The molecule has 1 aromatic carbocycles. The molecule has 0 aliphatic carbocycles. The number of hydrogen-bond donors (Lipinski definition) is 1. The third kappa shape index (κ3) is 3.40. The molecule has 1 N–H and O–H groups in total. The number of hydrogen-bond acceptors (Lipinski definition) is 2. The Labute approximate surface area is 107 Å². The third-order valence-corrected chi connectivity index (χ3v) is 2.61. The lowest BCUT2D eigenvalue weighted by Gasteiger charge is -2.05. The van der Waals surface area contributed by atoms with E-state index in [1.807, 2.05) is 12.4 Å². The molecule has 0 saturated carbocycles. The lowest BCUT2D eigenvalue weighted by Crippen LogP contribution is -2.18. The second-order valence-electron chi connectivity index (χ2n) is 4.79. The van der Waals surface area contributed by atoms with E-state index in [2.05, 4.69) is 24.3 Å². The second kappa shape index (κ2) is 5.78. The molecule has 0 amide bonds. The molecule has 4 heteroatoms. The van der Waals surface area contributed by atoms with E-state index in [-0.39, 0.29) is 5.82 Å². The number of benzene rings is 1. The van der Waals surface area contributed by atoms with Gasteiger partial charge in [-0.15, -0.1) is 0 Å². The van der Waals surface area contributed by atoms with Crippen LogP contribution in [0.25, 0.3) is 5.69 Å². The summed E-state index contributed by atoms with van der Waals surface area (Å²) in [7, 11) is 0. The Morgan fingerprint density at radius 2 is 2.00 bits per heavy atom. The molecule has 0 radical (unpaired) electrons. The van der Waals surface area contributed by atoms with Gasteiger partial charge in [-0.3, -0.25) is 0 Å². The van der Waals surface area contributed by atoms with Gasteiger partial charge in [0.25, 0.3) is 0 Å². The predicted octanol–water partition coefficient (Wildman–Crippen LogP) is 2.76. The highest BCUT2D eigenvalue weighted by molar-refractivity contribution is 5.31. The van der Waals surface area contributed by atoms with E-state index in [4.69, 9.17) is 0 Å². The van der Waals surface area contributed by atoms with E-state index in [1.54, 1.807) is 16.8 Å². The van der Waals surface area contributed by atoms with E-state index in [1.165, 1.54) is 12.1 Å². The SMILES string of the molecule is CC(C)CNCc1cnn(-c2ccc(F)cc2)c1. The van der Waals surface area contributed by atoms with Crippen LogP contribution >= 0.6 is 0 Å². The zero-order chi connectivity index (χ0) is 13.0. The maximum Gasteiger partial charge on any atom is 0.123 e. The Morgan fingerprint density at radius 1 is 1.28 bits per heavy atom. The van der Waals surface area contributed by atoms with Gasteiger partial charge in [-0.2, -0.15) is 5.10 Å². The molecule has 0 spiro atoms. The van der Waals surface area contributed by atoms with Crippen LogP contribution in [0.15, 0.2) is 36.7 Å². The highest BCUT2D eigenvalue weighted by atomic mass is 19.1. The van der Waals surface area contributed by atoms with E-state index in [0.717, 1.165) is 24.3 Å². The molecule has 2 rings (SSSR count). The fourth-order valence-electron chi connectivity index (χ4n) is 1.69. The summed E-state index contributed by atoms with van der Waals surface area (Å²) in [5.41, 5.74) is 1.99. The lowest BCUT2D eigenvalue weighted by molar-refractivity contribution is 0.552. The van der Waals surface area contributed by atoms with Crippen molar-refractivity contribution >= 4 is 0 Å². The number of rotatable bonds is 5. The summed E-state index contributed by atoms with van der Waals surface area (Å²) in [6.07, 6.45) is 3.79. The van der Waals surface area contributed by atoms with Crippen LogP contribution in [0.5, 0.6) is 0 Å². The van der Waals surface area contributed by atoms with Crippen LogP contribution in [-0.2, 0) is 6.54 Å². The maximum atomic E-state index is 12.8. The Hall–Kier alpha value is -1.68. The van der Waals surface area contributed by atoms with Gasteiger partial charge in [-0.25, -0.2) is 9.07 Å².